The van der Waals surface area contributed by atoms with Gasteiger partial charge in [-0.05, 0) is 48.2 Å². The molecular weight excluding hydrogens is 258 g/mol. The number of hydrogen-bond acceptors (Lipinski definition) is 2. The van der Waals surface area contributed by atoms with Crippen LogP contribution in [0.3, 0.4) is 0 Å². The summed E-state index contributed by atoms with van der Waals surface area (Å²) in [6.07, 6.45) is 2.48. The average Bonchev–Trinajstić information content (AvgIpc) is 3.22. The van der Waals surface area contributed by atoms with Gasteiger partial charge in [0.05, 0.1) is 6.04 Å². The van der Waals surface area contributed by atoms with E-state index in [9.17, 15) is 5.11 Å². The molecule has 0 aromatic heterocycles. The van der Waals surface area contributed by atoms with Gasteiger partial charge in [0, 0.05) is 11.1 Å². The Morgan fingerprint density at radius 3 is 2.00 bits per heavy atom. The van der Waals surface area contributed by atoms with E-state index in [2.05, 4.69) is 17.4 Å². The predicted octanol–water partition coefficient (Wildman–Crippen LogP) is 3.89. The van der Waals surface area contributed by atoms with Crippen LogP contribution >= 0.6 is 11.6 Å². The zero-order valence-electron chi connectivity index (χ0n) is 10.5. The standard InChI is InChI=1S/C16H16ClNO/c17-13-5-1-11(2-6-13)16(18-14-7-8-14)12-3-9-15(19)10-4-12/h1-6,9-10,14,16,18-19H,7-8H2. The maximum atomic E-state index is 9.40. The molecule has 0 heterocycles. The van der Waals surface area contributed by atoms with Gasteiger partial charge in [0.1, 0.15) is 5.75 Å². The number of hydrogen-bond donors (Lipinski definition) is 2. The molecule has 98 valence electrons. The number of phenols is 1. The van der Waals surface area contributed by atoms with Crippen molar-refractivity contribution in [2.24, 2.45) is 0 Å². The second-order valence-electron chi connectivity index (χ2n) is 5.02. The van der Waals surface area contributed by atoms with Crippen LogP contribution in [-0.2, 0) is 0 Å². The molecule has 1 aliphatic rings. The lowest BCUT2D eigenvalue weighted by Crippen LogP contribution is -2.24. The first kappa shape index (κ1) is 12.5. The van der Waals surface area contributed by atoms with E-state index < -0.39 is 0 Å². The second-order valence-corrected chi connectivity index (χ2v) is 5.45. The molecule has 1 aliphatic carbocycles. The minimum atomic E-state index is 0.158. The fraction of sp³-hybridized carbons (Fsp3) is 0.250. The fourth-order valence-corrected chi connectivity index (χ4v) is 2.32. The summed E-state index contributed by atoms with van der Waals surface area (Å²) in [6.45, 7) is 0. The molecule has 0 radical (unpaired) electrons. The molecule has 0 bridgehead atoms. The Bertz CT molecular complexity index is 500. The van der Waals surface area contributed by atoms with Crippen LogP contribution in [0.25, 0.3) is 0 Å². The van der Waals surface area contributed by atoms with Gasteiger partial charge in [-0.3, -0.25) is 0 Å². The van der Waals surface area contributed by atoms with Crippen LogP contribution in [-0.4, -0.2) is 11.1 Å². The third-order valence-corrected chi connectivity index (χ3v) is 3.66. The van der Waals surface area contributed by atoms with E-state index in [1.807, 2.05) is 24.3 Å². The number of nitrogens with one attached hydrogen (secondary N) is 1. The smallest absolute Gasteiger partial charge is 0.115 e. The van der Waals surface area contributed by atoms with Gasteiger partial charge in [-0.25, -0.2) is 0 Å². The number of benzene rings is 2. The van der Waals surface area contributed by atoms with Crippen LogP contribution in [0.2, 0.25) is 5.02 Å². The molecule has 3 heteroatoms. The molecule has 0 amide bonds. The molecule has 19 heavy (non-hydrogen) atoms. The molecule has 0 saturated heterocycles. The topological polar surface area (TPSA) is 32.3 Å². The van der Waals surface area contributed by atoms with Crippen LogP contribution in [0.5, 0.6) is 5.75 Å². The van der Waals surface area contributed by atoms with Crippen LogP contribution in [0.15, 0.2) is 48.5 Å². The summed E-state index contributed by atoms with van der Waals surface area (Å²) in [5.74, 6) is 0.296. The Hall–Kier alpha value is -1.51. The largest absolute Gasteiger partial charge is 0.508 e. The number of phenolic OH excluding ortho intramolecular Hbond substituents is 1. The maximum Gasteiger partial charge on any atom is 0.115 e. The van der Waals surface area contributed by atoms with E-state index in [1.54, 1.807) is 12.1 Å². The molecule has 0 spiro atoms. The second kappa shape index (κ2) is 5.24. The van der Waals surface area contributed by atoms with Crippen molar-refractivity contribution in [1.29, 1.82) is 0 Å². The monoisotopic (exact) mass is 273 g/mol. The van der Waals surface area contributed by atoms with E-state index in [4.69, 9.17) is 11.6 Å². The predicted molar refractivity (Wildman–Crippen MR) is 77.6 cm³/mol. The van der Waals surface area contributed by atoms with Gasteiger partial charge in [0.25, 0.3) is 0 Å². The van der Waals surface area contributed by atoms with Gasteiger partial charge in [-0.1, -0.05) is 35.9 Å². The van der Waals surface area contributed by atoms with E-state index in [0.717, 1.165) is 10.6 Å². The Kier molecular flexibility index (Phi) is 3.45. The van der Waals surface area contributed by atoms with Crippen molar-refractivity contribution in [1.82, 2.24) is 5.32 Å². The van der Waals surface area contributed by atoms with E-state index in [-0.39, 0.29) is 6.04 Å². The normalized spacial score (nSPS) is 16.3. The molecule has 0 aliphatic heterocycles. The Labute approximate surface area is 118 Å². The van der Waals surface area contributed by atoms with Crippen LogP contribution in [0.4, 0.5) is 0 Å². The summed E-state index contributed by atoms with van der Waals surface area (Å²) in [5.41, 5.74) is 2.36. The van der Waals surface area contributed by atoms with Crippen molar-refractivity contribution in [3.8, 4) is 5.75 Å². The molecule has 1 unspecified atom stereocenters. The van der Waals surface area contributed by atoms with E-state index >= 15 is 0 Å². The van der Waals surface area contributed by atoms with Gasteiger partial charge in [-0.2, -0.15) is 0 Å². The first-order chi connectivity index (χ1) is 9.22. The van der Waals surface area contributed by atoms with Crippen LogP contribution in [0, 0.1) is 0 Å². The first-order valence-electron chi connectivity index (χ1n) is 6.53. The van der Waals surface area contributed by atoms with Gasteiger partial charge in [-0.15, -0.1) is 0 Å². The highest BCUT2D eigenvalue weighted by molar-refractivity contribution is 6.30. The van der Waals surface area contributed by atoms with Gasteiger partial charge < -0.3 is 10.4 Å². The average molecular weight is 274 g/mol. The summed E-state index contributed by atoms with van der Waals surface area (Å²) < 4.78 is 0. The van der Waals surface area contributed by atoms with Crippen molar-refractivity contribution >= 4 is 11.6 Å². The molecular formula is C16H16ClNO. The van der Waals surface area contributed by atoms with E-state index in [1.165, 1.54) is 18.4 Å². The summed E-state index contributed by atoms with van der Waals surface area (Å²) in [4.78, 5) is 0. The zero-order valence-corrected chi connectivity index (χ0v) is 11.3. The molecule has 3 rings (SSSR count). The van der Waals surface area contributed by atoms with Crippen molar-refractivity contribution in [2.45, 2.75) is 24.9 Å². The minimum Gasteiger partial charge on any atom is -0.508 e. The lowest BCUT2D eigenvalue weighted by Gasteiger charge is -2.20. The molecule has 2 N–H and O–H groups in total. The van der Waals surface area contributed by atoms with Gasteiger partial charge in [0.15, 0.2) is 0 Å². The molecule has 1 saturated carbocycles. The Morgan fingerprint density at radius 2 is 1.47 bits per heavy atom. The lowest BCUT2D eigenvalue weighted by atomic mass is 9.98. The summed E-state index contributed by atoms with van der Waals surface area (Å²) in [5, 5.41) is 13.8. The van der Waals surface area contributed by atoms with E-state index in [0.29, 0.717) is 11.8 Å². The van der Waals surface area contributed by atoms with Gasteiger partial charge in [0.2, 0.25) is 0 Å². The third kappa shape index (κ3) is 3.09. The van der Waals surface area contributed by atoms with Crippen molar-refractivity contribution < 1.29 is 5.11 Å². The molecule has 2 nitrogen and oxygen atoms in total. The summed E-state index contributed by atoms with van der Waals surface area (Å²) in [6, 6.07) is 16.1. The molecule has 2 aromatic carbocycles. The SMILES string of the molecule is Oc1ccc(C(NC2CC2)c2ccc(Cl)cc2)cc1. The highest BCUT2D eigenvalue weighted by Crippen LogP contribution is 2.30. The lowest BCUT2D eigenvalue weighted by molar-refractivity contribution is 0.474. The summed E-state index contributed by atoms with van der Waals surface area (Å²) in [7, 11) is 0. The zero-order chi connectivity index (χ0) is 13.2. The number of halogens is 1. The number of aromatic hydroxyl groups is 1. The van der Waals surface area contributed by atoms with Crippen molar-refractivity contribution in [2.75, 3.05) is 0 Å². The fourth-order valence-electron chi connectivity index (χ4n) is 2.19. The molecule has 1 atom stereocenters. The molecule has 2 aromatic rings. The highest BCUT2D eigenvalue weighted by atomic mass is 35.5. The van der Waals surface area contributed by atoms with Crippen molar-refractivity contribution in [3.05, 3.63) is 64.7 Å². The van der Waals surface area contributed by atoms with Crippen LogP contribution in [0.1, 0.15) is 30.0 Å². The Morgan fingerprint density at radius 1 is 0.947 bits per heavy atom. The quantitative estimate of drug-likeness (QED) is 0.886. The maximum absolute atomic E-state index is 9.40. The van der Waals surface area contributed by atoms with Crippen LogP contribution < -0.4 is 5.32 Å². The first-order valence-corrected chi connectivity index (χ1v) is 6.90. The summed E-state index contributed by atoms with van der Waals surface area (Å²) >= 11 is 5.95. The Balaban J connectivity index is 1.91. The number of rotatable bonds is 4. The van der Waals surface area contributed by atoms with Gasteiger partial charge >= 0.3 is 0 Å². The third-order valence-electron chi connectivity index (χ3n) is 3.41. The minimum absolute atomic E-state index is 0.158. The molecule has 1 fully saturated rings. The highest BCUT2D eigenvalue weighted by Gasteiger charge is 2.26. The van der Waals surface area contributed by atoms with Crippen molar-refractivity contribution in [3.63, 3.8) is 0 Å².